The molecule has 0 spiro atoms. The first-order valence-corrected chi connectivity index (χ1v) is 6.32. The van der Waals surface area contributed by atoms with Gasteiger partial charge in [0.1, 0.15) is 0 Å². The average Bonchev–Trinajstić information content (AvgIpc) is 2.91. The van der Waals surface area contributed by atoms with Gasteiger partial charge in [-0.1, -0.05) is 0 Å². The van der Waals surface area contributed by atoms with Crippen LogP contribution in [0.15, 0.2) is 18.5 Å². The van der Waals surface area contributed by atoms with E-state index in [0.717, 1.165) is 0 Å². The molecule has 0 bridgehead atoms. The number of nitrogens with one attached hydrogen (secondary N) is 2. The molecule has 20 heavy (non-hydrogen) atoms. The Morgan fingerprint density at radius 3 is 2.50 bits per heavy atom. The molecule has 0 aliphatic heterocycles. The van der Waals surface area contributed by atoms with E-state index in [1.54, 1.807) is 37.1 Å². The summed E-state index contributed by atoms with van der Waals surface area (Å²) in [5, 5.41) is 19.8. The number of anilines is 2. The molecule has 1 atom stereocenters. The maximum absolute atomic E-state index is 9.75. The van der Waals surface area contributed by atoms with Gasteiger partial charge in [-0.3, -0.25) is 0 Å². The first kappa shape index (κ1) is 14.2. The van der Waals surface area contributed by atoms with E-state index >= 15 is 0 Å². The van der Waals surface area contributed by atoms with Crippen molar-refractivity contribution in [2.75, 3.05) is 17.7 Å². The van der Waals surface area contributed by atoms with Crippen LogP contribution in [0.25, 0.3) is 5.95 Å². The average molecular weight is 277 g/mol. The molecule has 1 unspecified atom stereocenters. The van der Waals surface area contributed by atoms with Gasteiger partial charge in [-0.15, -0.1) is 0 Å². The van der Waals surface area contributed by atoms with Crippen LogP contribution in [0.5, 0.6) is 0 Å². The molecule has 108 valence electrons. The molecule has 3 N–H and O–H groups in total. The van der Waals surface area contributed by atoms with Crippen molar-refractivity contribution in [2.24, 2.45) is 0 Å². The Morgan fingerprint density at radius 1 is 1.25 bits per heavy atom. The number of nitrogens with zero attached hydrogens (tertiary/aromatic N) is 5. The monoisotopic (exact) mass is 277 g/mol. The summed E-state index contributed by atoms with van der Waals surface area (Å²) in [6.07, 6.45) is 2.83. The molecule has 0 aliphatic rings. The number of aromatic nitrogens is 5. The number of hydrogen-bond donors (Lipinski definition) is 3. The summed E-state index contributed by atoms with van der Waals surface area (Å²) in [5.41, 5.74) is -0.562. The fourth-order valence-electron chi connectivity index (χ4n) is 1.41. The van der Waals surface area contributed by atoms with Crippen LogP contribution < -0.4 is 10.6 Å². The van der Waals surface area contributed by atoms with E-state index < -0.39 is 11.6 Å². The van der Waals surface area contributed by atoms with Crippen molar-refractivity contribution in [3.05, 3.63) is 18.5 Å². The highest BCUT2D eigenvalue weighted by atomic mass is 16.3. The number of aliphatic hydroxyl groups is 1. The van der Waals surface area contributed by atoms with Crippen molar-refractivity contribution in [3.8, 4) is 5.95 Å². The Kier molecular flexibility index (Phi) is 3.84. The molecule has 8 heteroatoms. The van der Waals surface area contributed by atoms with E-state index in [1.165, 1.54) is 0 Å². The summed E-state index contributed by atoms with van der Waals surface area (Å²) >= 11 is 0. The molecule has 0 fully saturated rings. The highest BCUT2D eigenvalue weighted by Gasteiger charge is 2.25. The molecule has 0 aromatic carbocycles. The zero-order valence-electron chi connectivity index (χ0n) is 12.0. The van der Waals surface area contributed by atoms with Gasteiger partial charge in [0.15, 0.2) is 0 Å². The molecule has 8 nitrogen and oxygen atoms in total. The largest absolute Gasteiger partial charge is 0.391 e. The molecule has 0 amide bonds. The van der Waals surface area contributed by atoms with E-state index in [0.29, 0.717) is 17.8 Å². The van der Waals surface area contributed by atoms with Crippen LogP contribution in [0.3, 0.4) is 0 Å². The summed E-state index contributed by atoms with van der Waals surface area (Å²) in [5.74, 6) is 1.20. The minimum atomic E-state index is -0.564. The Morgan fingerprint density at radius 2 is 1.95 bits per heavy atom. The molecule has 0 saturated carbocycles. The number of aliphatic hydroxyl groups excluding tert-OH is 1. The zero-order chi connectivity index (χ0) is 14.8. The molecule has 2 heterocycles. The van der Waals surface area contributed by atoms with Crippen LogP contribution >= 0.6 is 0 Å². The van der Waals surface area contributed by atoms with Gasteiger partial charge in [-0.05, 0) is 26.8 Å². The normalized spacial score (nSPS) is 13.1. The maximum Gasteiger partial charge on any atom is 0.257 e. The highest BCUT2D eigenvalue weighted by molar-refractivity contribution is 5.39. The molecule has 0 aliphatic carbocycles. The van der Waals surface area contributed by atoms with Crippen molar-refractivity contribution in [3.63, 3.8) is 0 Å². The van der Waals surface area contributed by atoms with E-state index in [-0.39, 0.29) is 0 Å². The van der Waals surface area contributed by atoms with Crippen molar-refractivity contribution >= 4 is 11.9 Å². The topological polar surface area (TPSA) is 101 Å². The van der Waals surface area contributed by atoms with Gasteiger partial charge in [-0.25, -0.2) is 4.68 Å². The fraction of sp³-hybridized carbons (Fsp3) is 0.500. The van der Waals surface area contributed by atoms with Gasteiger partial charge in [0.05, 0.1) is 11.6 Å². The Balaban J connectivity index is 2.36. The lowest BCUT2D eigenvalue weighted by Gasteiger charge is -2.29. The first-order valence-electron chi connectivity index (χ1n) is 6.32. The fourth-order valence-corrected chi connectivity index (χ4v) is 1.41. The van der Waals surface area contributed by atoms with Crippen molar-refractivity contribution in [2.45, 2.75) is 32.4 Å². The standard InChI is InChI=1S/C12H19N7O/c1-8(20)12(2,3)18-10-15-9(13-4)16-11(17-10)19-7-5-6-14-19/h5-8,20H,1-4H3,(H2,13,15,16,17,18). The summed E-state index contributed by atoms with van der Waals surface area (Å²) in [7, 11) is 1.73. The van der Waals surface area contributed by atoms with Crippen molar-refractivity contribution < 1.29 is 5.11 Å². The summed E-state index contributed by atoms with van der Waals surface area (Å²) in [4.78, 5) is 12.8. The van der Waals surface area contributed by atoms with Gasteiger partial charge in [0, 0.05) is 19.4 Å². The zero-order valence-corrected chi connectivity index (χ0v) is 12.0. The van der Waals surface area contributed by atoms with Crippen LogP contribution in [0, 0.1) is 0 Å². The first-order chi connectivity index (χ1) is 9.42. The third kappa shape index (κ3) is 3.02. The molecule has 2 aromatic rings. The maximum atomic E-state index is 9.75. The lowest BCUT2D eigenvalue weighted by atomic mass is 9.99. The lowest BCUT2D eigenvalue weighted by molar-refractivity contribution is 0.132. The van der Waals surface area contributed by atoms with E-state index in [9.17, 15) is 5.11 Å². The van der Waals surface area contributed by atoms with E-state index in [2.05, 4.69) is 30.7 Å². The third-order valence-electron chi connectivity index (χ3n) is 3.03. The molecule has 0 saturated heterocycles. The predicted molar refractivity (Wildman–Crippen MR) is 75.9 cm³/mol. The predicted octanol–water partition coefficient (Wildman–Crippen LogP) is 0.670. The summed E-state index contributed by atoms with van der Waals surface area (Å²) < 4.78 is 1.54. The van der Waals surface area contributed by atoms with Gasteiger partial charge in [-0.2, -0.15) is 20.1 Å². The number of rotatable bonds is 5. The summed E-state index contributed by atoms with van der Waals surface area (Å²) in [6.45, 7) is 5.45. The minimum absolute atomic E-state index is 0.376. The Bertz CT molecular complexity index is 565. The van der Waals surface area contributed by atoms with Crippen LogP contribution in [-0.2, 0) is 0 Å². The molecule has 2 aromatic heterocycles. The van der Waals surface area contributed by atoms with Crippen LogP contribution in [0.4, 0.5) is 11.9 Å². The Labute approximate surface area is 117 Å². The third-order valence-corrected chi connectivity index (χ3v) is 3.03. The van der Waals surface area contributed by atoms with Crippen molar-refractivity contribution in [1.82, 2.24) is 24.7 Å². The second kappa shape index (κ2) is 5.41. The second-order valence-corrected chi connectivity index (χ2v) is 5.01. The van der Waals surface area contributed by atoms with Gasteiger partial charge >= 0.3 is 0 Å². The molecular formula is C12H19N7O. The van der Waals surface area contributed by atoms with Crippen LogP contribution in [-0.4, -0.2) is 48.5 Å². The summed E-state index contributed by atoms with van der Waals surface area (Å²) in [6, 6.07) is 1.79. The SMILES string of the molecule is CNc1nc(NC(C)(C)C(C)O)nc(-n2cccn2)n1. The van der Waals surface area contributed by atoms with Crippen LogP contribution in [0.2, 0.25) is 0 Å². The molecule has 2 rings (SSSR count). The quantitative estimate of drug-likeness (QED) is 0.738. The molecule has 0 radical (unpaired) electrons. The molecular weight excluding hydrogens is 258 g/mol. The van der Waals surface area contributed by atoms with E-state index in [1.807, 2.05) is 13.8 Å². The van der Waals surface area contributed by atoms with Gasteiger partial charge in [0.25, 0.3) is 5.95 Å². The van der Waals surface area contributed by atoms with Crippen molar-refractivity contribution in [1.29, 1.82) is 0 Å². The second-order valence-electron chi connectivity index (χ2n) is 5.01. The van der Waals surface area contributed by atoms with E-state index in [4.69, 9.17) is 0 Å². The number of hydrogen-bond acceptors (Lipinski definition) is 7. The minimum Gasteiger partial charge on any atom is -0.391 e. The highest BCUT2D eigenvalue weighted by Crippen LogP contribution is 2.17. The van der Waals surface area contributed by atoms with Crippen LogP contribution in [0.1, 0.15) is 20.8 Å². The smallest absolute Gasteiger partial charge is 0.257 e. The Hall–Kier alpha value is -2.22. The van der Waals surface area contributed by atoms with Gasteiger partial charge in [0.2, 0.25) is 11.9 Å². The lowest BCUT2D eigenvalue weighted by Crippen LogP contribution is -2.42. The van der Waals surface area contributed by atoms with Gasteiger partial charge < -0.3 is 15.7 Å².